The number of H-pyrrole nitrogens is 1. The third-order valence-corrected chi connectivity index (χ3v) is 5.14. The smallest absolute Gasteiger partial charge is 0.251 e. The SMILES string of the molecule is CN(C)c1ccc(C(=O)N[C@H]2CCN(c3cc(-c4ccccc4)[nH]n3)C2)cc1. The topological polar surface area (TPSA) is 64.3 Å². The van der Waals surface area contributed by atoms with E-state index in [0.717, 1.165) is 42.3 Å². The maximum absolute atomic E-state index is 12.5. The van der Waals surface area contributed by atoms with Crippen LogP contribution in [-0.4, -0.2) is 49.3 Å². The van der Waals surface area contributed by atoms with Crippen LogP contribution in [0.5, 0.6) is 0 Å². The van der Waals surface area contributed by atoms with E-state index in [1.165, 1.54) is 0 Å². The van der Waals surface area contributed by atoms with Crippen LogP contribution in [0.4, 0.5) is 11.5 Å². The average Bonchev–Trinajstić information content (AvgIpc) is 3.38. The Bertz CT molecular complexity index is 933. The van der Waals surface area contributed by atoms with Gasteiger partial charge in [-0.2, -0.15) is 5.10 Å². The third-order valence-electron chi connectivity index (χ3n) is 5.14. The Labute approximate surface area is 165 Å². The Morgan fingerprint density at radius 3 is 2.61 bits per heavy atom. The van der Waals surface area contributed by atoms with Gasteiger partial charge in [0.05, 0.1) is 5.69 Å². The van der Waals surface area contributed by atoms with Crippen LogP contribution >= 0.6 is 0 Å². The number of rotatable bonds is 5. The quantitative estimate of drug-likeness (QED) is 0.719. The first-order valence-corrected chi connectivity index (χ1v) is 9.54. The van der Waals surface area contributed by atoms with E-state index in [2.05, 4.69) is 38.6 Å². The van der Waals surface area contributed by atoms with Gasteiger partial charge in [-0.1, -0.05) is 30.3 Å². The van der Waals surface area contributed by atoms with Crippen LogP contribution in [-0.2, 0) is 0 Å². The number of hydrogen-bond donors (Lipinski definition) is 2. The molecule has 1 aliphatic heterocycles. The lowest BCUT2D eigenvalue weighted by Gasteiger charge is -2.16. The van der Waals surface area contributed by atoms with Gasteiger partial charge in [0.25, 0.3) is 5.91 Å². The number of anilines is 2. The molecule has 1 amide bonds. The fourth-order valence-electron chi connectivity index (χ4n) is 3.50. The fraction of sp³-hybridized carbons (Fsp3) is 0.273. The minimum Gasteiger partial charge on any atom is -0.378 e. The number of aromatic amines is 1. The zero-order valence-corrected chi connectivity index (χ0v) is 16.2. The summed E-state index contributed by atoms with van der Waals surface area (Å²) in [6.45, 7) is 1.64. The van der Waals surface area contributed by atoms with Crippen LogP contribution in [0.3, 0.4) is 0 Å². The summed E-state index contributed by atoms with van der Waals surface area (Å²) in [5, 5.41) is 10.7. The van der Waals surface area contributed by atoms with E-state index in [4.69, 9.17) is 0 Å². The molecule has 0 radical (unpaired) electrons. The van der Waals surface area contributed by atoms with Crippen molar-refractivity contribution in [3.63, 3.8) is 0 Å². The van der Waals surface area contributed by atoms with Gasteiger partial charge in [-0.25, -0.2) is 0 Å². The van der Waals surface area contributed by atoms with Crippen molar-refractivity contribution in [1.82, 2.24) is 15.5 Å². The lowest BCUT2D eigenvalue weighted by atomic mass is 10.1. The van der Waals surface area contributed by atoms with Gasteiger partial charge in [0.15, 0.2) is 5.82 Å². The molecule has 4 rings (SSSR count). The first kappa shape index (κ1) is 18.1. The van der Waals surface area contributed by atoms with Crippen molar-refractivity contribution in [2.75, 3.05) is 37.0 Å². The monoisotopic (exact) mass is 375 g/mol. The number of amides is 1. The molecule has 144 valence electrons. The van der Waals surface area contributed by atoms with E-state index in [0.29, 0.717) is 5.56 Å². The van der Waals surface area contributed by atoms with Crippen LogP contribution in [0, 0.1) is 0 Å². The summed E-state index contributed by atoms with van der Waals surface area (Å²) >= 11 is 0. The minimum atomic E-state index is -0.0239. The van der Waals surface area contributed by atoms with E-state index >= 15 is 0 Å². The molecule has 2 N–H and O–H groups in total. The first-order valence-electron chi connectivity index (χ1n) is 9.54. The number of aromatic nitrogens is 2. The van der Waals surface area contributed by atoms with Gasteiger partial charge in [-0.15, -0.1) is 0 Å². The molecule has 0 aliphatic carbocycles. The van der Waals surface area contributed by atoms with Crippen LogP contribution < -0.4 is 15.1 Å². The summed E-state index contributed by atoms with van der Waals surface area (Å²) < 4.78 is 0. The second-order valence-electron chi connectivity index (χ2n) is 7.35. The number of hydrogen-bond acceptors (Lipinski definition) is 4. The number of carbonyl (C=O) groups excluding carboxylic acids is 1. The molecule has 1 saturated heterocycles. The Morgan fingerprint density at radius 2 is 1.89 bits per heavy atom. The van der Waals surface area contributed by atoms with Gasteiger partial charge in [0.2, 0.25) is 0 Å². The Balaban J connectivity index is 1.36. The highest BCUT2D eigenvalue weighted by atomic mass is 16.1. The van der Waals surface area contributed by atoms with Crippen molar-refractivity contribution >= 4 is 17.4 Å². The van der Waals surface area contributed by atoms with Gasteiger partial charge in [0.1, 0.15) is 0 Å². The third kappa shape index (κ3) is 3.86. The summed E-state index contributed by atoms with van der Waals surface area (Å²) in [5.41, 5.74) is 3.89. The highest BCUT2D eigenvalue weighted by molar-refractivity contribution is 5.94. The molecule has 0 unspecified atom stereocenters. The van der Waals surface area contributed by atoms with Gasteiger partial charge in [0, 0.05) is 50.5 Å². The normalized spacial score (nSPS) is 16.2. The summed E-state index contributed by atoms with van der Waals surface area (Å²) in [6.07, 6.45) is 0.912. The summed E-state index contributed by atoms with van der Waals surface area (Å²) in [7, 11) is 3.97. The van der Waals surface area contributed by atoms with Gasteiger partial charge >= 0.3 is 0 Å². The summed E-state index contributed by atoms with van der Waals surface area (Å²) in [4.78, 5) is 16.8. The highest BCUT2D eigenvalue weighted by Crippen LogP contribution is 2.24. The molecule has 6 heteroatoms. The van der Waals surface area contributed by atoms with Gasteiger partial charge in [-0.3, -0.25) is 9.89 Å². The second kappa shape index (κ2) is 7.76. The van der Waals surface area contributed by atoms with E-state index < -0.39 is 0 Å². The van der Waals surface area contributed by atoms with Crippen LogP contribution in [0.1, 0.15) is 16.8 Å². The number of nitrogens with zero attached hydrogens (tertiary/aromatic N) is 3. The lowest BCUT2D eigenvalue weighted by Crippen LogP contribution is -2.37. The van der Waals surface area contributed by atoms with Crippen LogP contribution in [0.2, 0.25) is 0 Å². The number of carbonyl (C=O) groups is 1. The van der Waals surface area contributed by atoms with Crippen molar-refractivity contribution in [2.24, 2.45) is 0 Å². The van der Waals surface area contributed by atoms with E-state index in [1.807, 2.05) is 61.5 Å². The molecule has 6 nitrogen and oxygen atoms in total. The molecule has 2 heterocycles. The standard InChI is InChI=1S/C22H25N5O/c1-26(2)19-10-8-17(9-11-19)22(28)23-18-12-13-27(15-18)21-14-20(24-25-21)16-6-4-3-5-7-16/h3-11,14,18H,12-13,15H2,1-2H3,(H,23,28)(H,24,25)/t18-/m0/s1. The second-order valence-corrected chi connectivity index (χ2v) is 7.35. The molecule has 2 aromatic carbocycles. The Hall–Kier alpha value is -3.28. The maximum Gasteiger partial charge on any atom is 0.251 e. The Morgan fingerprint density at radius 1 is 1.14 bits per heavy atom. The zero-order chi connectivity index (χ0) is 19.5. The summed E-state index contributed by atoms with van der Waals surface area (Å²) in [5.74, 6) is 0.898. The molecule has 1 aromatic heterocycles. The molecule has 1 atom stereocenters. The average molecular weight is 375 g/mol. The molecule has 28 heavy (non-hydrogen) atoms. The zero-order valence-electron chi connectivity index (χ0n) is 16.2. The predicted molar refractivity (Wildman–Crippen MR) is 113 cm³/mol. The molecule has 0 spiro atoms. The number of nitrogens with one attached hydrogen (secondary N) is 2. The molecular weight excluding hydrogens is 350 g/mol. The van der Waals surface area contributed by atoms with Crippen molar-refractivity contribution in [3.8, 4) is 11.3 Å². The van der Waals surface area contributed by atoms with E-state index in [1.54, 1.807) is 0 Å². The maximum atomic E-state index is 12.5. The van der Waals surface area contributed by atoms with Gasteiger partial charge < -0.3 is 15.1 Å². The molecule has 0 saturated carbocycles. The van der Waals surface area contributed by atoms with Gasteiger partial charge in [-0.05, 0) is 36.2 Å². The fourth-order valence-corrected chi connectivity index (χ4v) is 3.50. The molecular formula is C22H25N5O. The molecule has 3 aromatic rings. The number of benzene rings is 2. The summed E-state index contributed by atoms with van der Waals surface area (Å²) in [6, 6.07) is 20.0. The predicted octanol–water partition coefficient (Wildman–Crippen LogP) is 3.15. The Kier molecular flexibility index (Phi) is 5.02. The first-order chi connectivity index (χ1) is 13.6. The molecule has 1 fully saturated rings. The van der Waals surface area contributed by atoms with E-state index in [-0.39, 0.29) is 11.9 Å². The van der Waals surface area contributed by atoms with Crippen molar-refractivity contribution in [1.29, 1.82) is 0 Å². The highest BCUT2D eigenvalue weighted by Gasteiger charge is 2.26. The molecule has 0 bridgehead atoms. The van der Waals surface area contributed by atoms with E-state index in [9.17, 15) is 4.79 Å². The van der Waals surface area contributed by atoms with Crippen LogP contribution in [0.25, 0.3) is 11.3 Å². The van der Waals surface area contributed by atoms with Crippen molar-refractivity contribution in [3.05, 3.63) is 66.2 Å². The lowest BCUT2D eigenvalue weighted by molar-refractivity contribution is 0.0940. The van der Waals surface area contributed by atoms with Crippen molar-refractivity contribution < 1.29 is 4.79 Å². The molecule has 1 aliphatic rings. The largest absolute Gasteiger partial charge is 0.378 e. The minimum absolute atomic E-state index is 0.0239. The van der Waals surface area contributed by atoms with Crippen molar-refractivity contribution in [2.45, 2.75) is 12.5 Å². The van der Waals surface area contributed by atoms with Crippen LogP contribution in [0.15, 0.2) is 60.7 Å².